The number of nitrogens with one attached hydrogen (secondary N) is 2. The van der Waals surface area contributed by atoms with Gasteiger partial charge in [-0.25, -0.2) is 15.0 Å². The highest BCUT2D eigenvalue weighted by Crippen LogP contribution is 2.34. The molecule has 0 spiro atoms. The third-order valence-corrected chi connectivity index (χ3v) is 5.53. The fourth-order valence-electron chi connectivity index (χ4n) is 3.86. The van der Waals surface area contributed by atoms with Gasteiger partial charge in [0.1, 0.15) is 23.7 Å². The van der Waals surface area contributed by atoms with Crippen LogP contribution in [0.1, 0.15) is 37.1 Å². The van der Waals surface area contributed by atoms with Crippen LogP contribution in [0.25, 0.3) is 11.3 Å². The number of hydrogen-bond acceptors (Lipinski definition) is 6. The van der Waals surface area contributed by atoms with Crippen molar-refractivity contribution in [2.24, 2.45) is 5.92 Å². The SMILES string of the molecule is CC(C)CNc1nc(C(F)(F)F)ccc1-c1cc(Nc2cccc3c2CC(O)CC3)ncn1. The van der Waals surface area contributed by atoms with Crippen molar-refractivity contribution in [2.75, 3.05) is 17.2 Å². The van der Waals surface area contributed by atoms with Crippen molar-refractivity contribution in [3.8, 4) is 11.3 Å². The number of fused-ring (bicyclic) bond motifs is 1. The molecule has 9 heteroatoms. The molecule has 0 radical (unpaired) electrons. The zero-order chi connectivity index (χ0) is 23.6. The van der Waals surface area contributed by atoms with Crippen molar-refractivity contribution < 1.29 is 18.3 Å². The topological polar surface area (TPSA) is 83.0 Å². The molecule has 0 saturated carbocycles. The Balaban J connectivity index is 1.67. The van der Waals surface area contributed by atoms with Gasteiger partial charge in [-0.3, -0.25) is 0 Å². The van der Waals surface area contributed by atoms with Crippen LogP contribution < -0.4 is 10.6 Å². The van der Waals surface area contributed by atoms with Crippen LogP contribution in [-0.2, 0) is 19.0 Å². The van der Waals surface area contributed by atoms with Gasteiger partial charge < -0.3 is 15.7 Å². The van der Waals surface area contributed by atoms with Gasteiger partial charge in [0.2, 0.25) is 0 Å². The molecule has 0 fully saturated rings. The van der Waals surface area contributed by atoms with E-state index in [0.717, 1.165) is 30.2 Å². The summed E-state index contributed by atoms with van der Waals surface area (Å²) >= 11 is 0. The summed E-state index contributed by atoms with van der Waals surface area (Å²) in [6, 6.07) is 9.95. The smallest absolute Gasteiger partial charge is 0.393 e. The highest BCUT2D eigenvalue weighted by molar-refractivity contribution is 5.75. The molecular weight excluding hydrogens is 431 g/mol. The minimum absolute atomic E-state index is 0.128. The zero-order valence-electron chi connectivity index (χ0n) is 18.4. The van der Waals surface area contributed by atoms with Crippen LogP contribution in [0.5, 0.6) is 0 Å². The van der Waals surface area contributed by atoms with E-state index in [1.54, 1.807) is 6.07 Å². The number of alkyl halides is 3. The van der Waals surface area contributed by atoms with E-state index in [4.69, 9.17) is 0 Å². The van der Waals surface area contributed by atoms with Crippen LogP contribution in [-0.4, -0.2) is 32.7 Å². The molecule has 0 aliphatic heterocycles. The van der Waals surface area contributed by atoms with Gasteiger partial charge in [-0.1, -0.05) is 26.0 Å². The second-order valence-electron chi connectivity index (χ2n) is 8.62. The standard InChI is InChI=1S/C24H26F3N5O/c1-14(2)12-28-23-17(8-9-21(32-23)24(25,26)27)20-11-22(30-13-29-20)31-19-5-3-4-15-6-7-16(33)10-18(15)19/h3-5,8-9,11,13-14,16,33H,6-7,10,12H2,1-2H3,(H,28,32)(H,29,30,31). The summed E-state index contributed by atoms with van der Waals surface area (Å²) in [6.07, 6.45) is -1.45. The first-order valence-electron chi connectivity index (χ1n) is 10.9. The lowest BCUT2D eigenvalue weighted by molar-refractivity contribution is -0.141. The first-order valence-corrected chi connectivity index (χ1v) is 10.9. The molecular formula is C24H26F3N5O. The monoisotopic (exact) mass is 457 g/mol. The van der Waals surface area contributed by atoms with E-state index < -0.39 is 11.9 Å². The van der Waals surface area contributed by atoms with Crippen LogP contribution >= 0.6 is 0 Å². The minimum atomic E-state index is -4.54. The van der Waals surface area contributed by atoms with E-state index in [1.165, 1.54) is 18.0 Å². The Bertz CT molecular complexity index is 1130. The van der Waals surface area contributed by atoms with Gasteiger partial charge in [-0.05, 0) is 48.1 Å². The number of nitrogens with zero attached hydrogens (tertiary/aromatic N) is 3. The zero-order valence-corrected chi connectivity index (χ0v) is 18.4. The van der Waals surface area contributed by atoms with Crippen molar-refractivity contribution in [3.05, 3.63) is 59.5 Å². The van der Waals surface area contributed by atoms with Crippen LogP contribution in [0, 0.1) is 5.92 Å². The number of pyridine rings is 1. The van der Waals surface area contributed by atoms with E-state index >= 15 is 0 Å². The number of aliphatic hydroxyl groups is 1. The predicted molar refractivity (Wildman–Crippen MR) is 121 cm³/mol. The number of aromatic nitrogens is 3. The van der Waals surface area contributed by atoms with Gasteiger partial charge in [0.25, 0.3) is 0 Å². The summed E-state index contributed by atoms with van der Waals surface area (Å²) in [4.78, 5) is 12.4. The van der Waals surface area contributed by atoms with E-state index in [2.05, 4.69) is 31.7 Å². The summed E-state index contributed by atoms with van der Waals surface area (Å²) in [7, 11) is 0. The van der Waals surface area contributed by atoms with E-state index in [1.807, 2.05) is 26.0 Å². The number of rotatable bonds is 6. The van der Waals surface area contributed by atoms with E-state index in [9.17, 15) is 18.3 Å². The van der Waals surface area contributed by atoms with Gasteiger partial charge in [0.05, 0.1) is 11.8 Å². The quantitative estimate of drug-likeness (QED) is 0.471. The third-order valence-electron chi connectivity index (χ3n) is 5.53. The van der Waals surface area contributed by atoms with Crippen molar-refractivity contribution in [1.29, 1.82) is 0 Å². The Labute approximate surface area is 190 Å². The molecule has 1 unspecified atom stereocenters. The molecule has 0 saturated heterocycles. The normalized spacial score (nSPS) is 15.9. The summed E-state index contributed by atoms with van der Waals surface area (Å²) in [6.45, 7) is 4.39. The lowest BCUT2D eigenvalue weighted by Crippen LogP contribution is -2.19. The van der Waals surface area contributed by atoms with E-state index in [-0.39, 0.29) is 17.8 Å². The van der Waals surface area contributed by atoms with Crippen LogP contribution in [0.15, 0.2) is 42.7 Å². The largest absolute Gasteiger partial charge is 0.433 e. The molecule has 1 aromatic carbocycles. The van der Waals surface area contributed by atoms with Crippen LogP contribution in [0.4, 0.5) is 30.5 Å². The Morgan fingerprint density at radius 2 is 1.97 bits per heavy atom. The summed E-state index contributed by atoms with van der Waals surface area (Å²) in [5, 5.41) is 16.4. The molecule has 1 aliphatic rings. The molecule has 6 nitrogen and oxygen atoms in total. The molecule has 33 heavy (non-hydrogen) atoms. The van der Waals surface area contributed by atoms with Gasteiger partial charge in [0, 0.05) is 30.3 Å². The number of halogens is 3. The Morgan fingerprint density at radius 1 is 1.15 bits per heavy atom. The summed E-state index contributed by atoms with van der Waals surface area (Å²) in [5.41, 5.74) is 3.03. The van der Waals surface area contributed by atoms with Crippen LogP contribution in [0.3, 0.4) is 0 Å². The van der Waals surface area contributed by atoms with Crippen molar-refractivity contribution in [3.63, 3.8) is 0 Å². The fraction of sp³-hybridized carbons (Fsp3) is 0.375. The Hall–Kier alpha value is -3.20. The molecule has 3 aromatic rings. The number of anilines is 3. The third kappa shape index (κ3) is 5.42. The molecule has 3 N–H and O–H groups in total. The van der Waals surface area contributed by atoms with Gasteiger partial charge in [-0.2, -0.15) is 13.2 Å². The summed E-state index contributed by atoms with van der Waals surface area (Å²) in [5.74, 6) is 0.850. The number of aryl methyl sites for hydroxylation is 1. The lowest BCUT2D eigenvalue weighted by atomic mass is 9.88. The van der Waals surface area contributed by atoms with Gasteiger partial charge >= 0.3 is 6.18 Å². The average Bonchev–Trinajstić information content (AvgIpc) is 2.77. The molecule has 0 bridgehead atoms. The highest BCUT2D eigenvalue weighted by Gasteiger charge is 2.33. The maximum absolute atomic E-state index is 13.2. The van der Waals surface area contributed by atoms with E-state index in [0.29, 0.717) is 30.0 Å². The molecule has 174 valence electrons. The van der Waals surface area contributed by atoms with Crippen LogP contribution in [0.2, 0.25) is 0 Å². The second-order valence-corrected chi connectivity index (χ2v) is 8.62. The van der Waals surface area contributed by atoms with Crippen molar-refractivity contribution in [1.82, 2.24) is 15.0 Å². The summed E-state index contributed by atoms with van der Waals surface area (Å²) < 4.78 is 39.7. The maximum Gasteiger partial charge on any atom is 0.433 e. The maximum atomic E-state index is 13.2. The Kier molecular flexibility index (Phi) is 6.51. The molecule has 1 aliphatic carbocycles. The number of benzene rings is 1. The highest BCUT2D eigenvalue weighted by atomic mass is 19.4. The molecule has 4 rings (SSSR count). The average molecular weight is 458 g/mol. The lowest BCUT2D eigenvalue weighted by Gasteiger charge is -2.23. The second kappa shape index (κ2) is 9.35. The number of aliphatic hydroxyl groups excluding tert-OH is 1. The predicted octanol–water partition coefficient (Wildman–Crippen LogP) is 5.22. The minimum Gasteiger partial charge on any atom is -0.393 e. The number of hydrogen-bond donors (Lipinski definition) is 3. The van der Waals surface area contributed by atoms with Crippen molar-refractivity contribution in [2.45, 2.75) is 45.4 Å². The molecule has 0 amide bonds. The molecule has 2 heterocycles. The fourth-order valence-corrected chi connectivity index (χ4v) is 3.86. The molecule has 2 aromatic heterocycles. The van der Waals surface area contributed by atoms with Gasteiger partial charge in [0.15, 0.2) is 0 Å². The van der Waals surface area contributed by atoms with Gasteiger partial charge in [-0.15, -0.1) is 0 Å². The molecule has 1 atom stereocenters. The Morgan fingerprint density at radius 3 is 2.73 bits per heavy atom. The van der Waals surface area contributed by atoms with Crippen molar-refractivity contribution >= 4 is 17.3 Å². The first kappa shape index (κ1) is 23.0. The first-order chi connectivity index (χ1) is 15.7.